The molecule has 1 aliphatic rings. The first kappa shape index (κ1) is 14.8. The van der Waals surface area contributed by atoms with E-state index in [1.165, 1.54) is 7.11 Å². The lowest BCUT2D eigenvalue weighted by Gasteiger charge is -2.39. The van der Waals surface area contributed by atoms with E-state index in [1.54, 1.807) is 0 Å². The second kappa shape index (κ2) is 5.57. The van der Waals surface area contributed by atoms with Crippen molar-refractivity contribution < 1.29 is 37.8 Å². The zero-order chi connectivity index (χ0) is 13.2. The molecule has 1 heterocycles. The fourth-order valence-electron chi connectivity index (χ4n) is 1.62. The van der Waals surface area contributed by atoms with Crippen molar-refractivity contribution in [3.8, 4) is 0 Å². The van der Waals surface area contributed by atoms with E-state index in [0.717, 1.165) is 0 Å². The first-order chi connectivity index (χ1) is 7.76. The molecule has 102 valence electrons. The van der Waals surface area contributed by atoms with Gasteiger partial charge in [0.2, 0.25) is 0 Å². The van der Waals surface area contributed by atoms with Crippen LogP contribution in [0.2, 0.25) is 0 Å². The van der Waals surface area contributed by atoms with Gasteiger partial charge in [-0.2, -0.15) is 8.42 Å². The monoisotopic (exact) mass is 272 g/mol. The summed E-state index contributed by atoms with van der Waals surface area (Å²) in [6.45, 7) is 0. The first-order valence-electron chi connectivity index (χ1n) is 4.94. The number of aliphatic hydroxyl groups excluding tert-OH is 3. The van der Waals surface area contributed by atoms with Crippen LogP contribution in [-0.2, 0) is 19.6 Å². The molecule has 0 aliphatic carbocycles. The lowest BCUT2D eigenvalue weighted by atomic mass is 9.97. The average molecular weight is 272 g/mol. The second-order valence-electron chi connectivity index (χ2n) is 3.83. The van der Waals surface area contributed by atoms with Crippen LogP contribution in [0.15, 0.2) is 0 Å². The molecular weight excluding hydrogens is 256 g/mol. The smallest absolute Gasteiger partial charge is 0.264 e. The van der Waals surface area contributed by atoms with E-state index in [4.69, 9.17) is 14.0 Å². The molecule has 0 radical (unpaired) electrons. The van der Waals surface area contributed by atoms with Gasteiger partial charge in [-0.25, -0.2) is 0 Å². The number of aliphatic hydroxyl groups is 3. The molecule has 0 spiro atoms. The fraction of sp³-hybridized carbons (Fsp3) is 1.00. The van der Waals surface area contributed by atoms with E-state index in [1.807, 2.05) is 0 Å². The van der Waals surface area contributed by atoms with Crippen LogP contribution in [0.4, 0.5) is 0 Å². The van der Waals surface area contributed by atoms with Gasteiger partial charge in [0.15, 0.2) is 6.29 Å². The highest BCUT2D eigenvalue weighted by Crippen LogP contribution is 2.23. The van der Waals surface area contributed by atoms with Crippen LogP contribution in [0.25, 0.3) is 0 Å². The largest absolute Gasteiger partial charge is 0.388 e. The van der Waals surface area contributed by atoms with Crippen LogP contribution in [0, 0.1) is 0 Å². The molecule has 8 nitrogen and oxygen atoms in total. The molecule has 1 saturated heterocycles. The van der Waals surface area contributed by atoms with Gasteiger partial charge in [-0.3, -0.25) is 4.55 Å². The Kier molecular flexibility index (Phi) is 4.84. The minimum absolute atomic E-state index is 0.219. The van der Waals surface area contributed by atoms with Crippen LogP contribution >= 0.6 is 0 Å². The van der Waals surface area contributed by atoms with Crippen molar-refractivity contribution in [2.24, 2.45) is 0 Å². The summed E-state index contributed by atoms with van der Waals surface area (Å²) in [5.41, 5.74) is 0. The molecule has 0 amide bonds. The summed E-state index contributed by atoms with van der Waals surface area (Å²) in [5, 5.41) is 28.5. The van der Waals surface area contributed by atoms with Crippen molar-refractivity contribution in [2.45, 2.75) is 37.1 Å². The van der Waals surface area contributed by atoms with Crippen LogP contribution in [0.3, 0.4) is 0 Å². The number of rotatable bonds is 4. The Morgan fingerprint density at radius 2 is 1.76 bits per heavy atom. The van der Waals surface area contributed by atoms with Gasteiger partial charge >= 0.3 is 0 Å². The zero-order valence-corrected chi connectivity index (χ0v) is 9.95. The van der Waals surface area contributed by atoms with Crippen LogP contribution < -0.4 is 0 Å². The Bertz CT molecular complexity index is 339. The van der Waals surface area contributed by atoms with Crippen molar-refractivity contribution in [3.05, 3.63) is 0 Å². The minimum Gasteiger partial charge on any atom is -0.388 e. The Balaban J connectivity index is 2.66. The number of methoxy groups -OCH3 is 1. The maximum absolute atomic E-state index is 10.6. The molecule has 1 aliphatic heterocycles. The SMILES string of the molecule is CO[C@H]1O[C@H](CCS(=O)(=O)O)[C@@H](O)[C@H](O)[C@@H]1O. The number of ether oxygens (including phenoxy) is 2. The average Bonchev–Trinajstić information content (AvgIpc) is 2.24. The van der Waals surface area contributed by atoms with E-state index < -0.39 is 46.6 Å². The quantitative estimate of drug-likeness (QED) is 0.420. The molecule has 0 aromatic carbocycles. The van der Waals surface area contributed by atoms with Gasteiger partial charge < -0.3 is 24.8 Å². The molecule has 4 N–H and O–H groups in total. The molecule has 0 bridgehead atoms. The van der Waals surface area contributed by atoms with Crippen LogP contribution in [-0.4, -0.2) is 71.9 Å². The Hall–Kier alpha value is -0.290. The number of hydrogen-bond acceptors (Lipinski definition) is 7. The fourth-order valence-corrected chi connectivity index (χ4v) is 2.15. The molecule has 9 heteroatoms. The van der Waals surface area contributed by atoms with Crippen molar-refractivity contribution in [1.29, 1.82) is 0 Å². The van der Waals surface area contributed by atoms with Crippen LogP contribution in [0.1, 0.15) is 6.42 Å². The molecule has 0 aromatic heterocycles. The summed E-state index contributed by atoms with van der Waals surface area (Å²) in [4.78, 5) is 0. The molecule has 17 heavy (non-hydrogen) atoms. The summed E-state index contributed by atoms with van der Waals surface area (Å²) in [5.74, 6) is -0.617. The number of hydrogen-bond donors (Lipinski definition) is 4. The van der Waals surface area contributed by atoms with Gasteiger partial charge in [0.1, 0.15) is 18.3 Å². The molecule has 0 saturated carbocycles. The van der Waals surface area contributed by atoms with Crippen LogP contribution in [0.5, 0.6) is 0 Å². The van der Waals surface area contributed by atoms with Crippen molar-refractivity contribution in [2.75, 3.05) is 12.9 Å². The third-order valence-electron chi connectivity index (χ3n) is 2.56. The minimum atomic E-state index is -4.18. The van der Waals surface area contributed by atoms with Crippen molar-refractivity contribution in [3.63, 3.8) is 0 Å². The van der Waals surface area contributed by atoms with Gasteiger partial charge in [-0.1, -0.05) is 0 Å². The highest BCUT2D eigenvalue weighted by molar-refractivity contribution is 7.85. The normalized spacial score (nSPS) is 39.2. The summed E-state index contributed by atoms with van der Waals surface area (Å²) < 4.78 is 39.5. The molecule has 1 rings (SSSR count). The summed E-state index contributed by atoms with van der Waals surface area (Å²) in [7, 11) is -2.94. The predicted octanol–water partition coefficient (Wildman–Crippen LogP) is -2.28. The lowest BCUT2D eigenvalue weighted by Crippen LogP contribution is -2.58. The molecule has 0 unspecified atom stereocenters. The van der Waals surface area contributed by atoms with Crippen molar-refractivity contribution >= 4 is 10.1 Å². The van der Waals surface area contributed by atoms with Crippen molar-refractivity contribution in [1.82, 2.24) is 0 Å². The molecule has 1 fully saturated rings. The maximum Gasteiger partial charge on any atom is 0.264 e. The molecular formula is C8H16O8S. The highest BCUT2D eigenvalue weighted by atomic mass is 32.2. The topological polar surface area (TPSA) is 134 Å². The standard InChI is InChI=1S/C8H16O8S/c1-15-8-7(11)6(10)5(9)4(16-8)2-3-17(12,13)14/h4-11H,2-3H2,1H3,(H,12,13,14)/t4-,5-,6+,7+,8+/m1/s1. The van der Waals surface area contributed by atoms with Gasteiger partial charge in [-0.15, -0.1) is 0 Å². The lowest BCUT2D eigenvalue weighted by molar-refractivity contribution is -0.289. The summed E-state index contributed by atoms with van der Waals surface area (Å²) in [6, 6.07) is 0. The van der Waals surface area contributed by atoms with Gasteiger partial charge in [0, 0.05) is 7.11 Å². The van der Waals surface area contributed by atoms with E-state index in [9.17, 15) is 23.7 Å². The highest BCUT2D eigenvalue weighted by Gasteiger charge is 2.43. The zero-order valence-electron chi connectivity index (χ0n) is 9.13. The predicted molar refractivity (Wildman–Crippen MR) is 54.7 cm³/mol. The Morgan fingerprint density at radius 1 is 1.18 bits per heavy atom. The van der Waals surface area contributed by atoms with Gasteiger partial charge in [-0.05, 0) is 6.42 Å². The molecule has 5 atom stereocenters. The Labute approximate surface area is 98.5 Å². The summed E-state index contributed by atoms with van der Waals surface area (Å²) >= 11 is 0. The van der Waals surface area contributed by atoms with Gasteiger partial charge in [0.05, 0.1) is 11.9 Å². The third-order valence-corrected chi connectivity index (χ3v) is 3.31. The van der Waals surface area contributed by atoms with E-state index in [0.29, 0.717) is 0 Å². The van der Waals surface area contributed by atoms with E-state index in [-0.39, 0.29) is 6.42 Å². The molecule has 0 aromatic rings. The van der Waals surface area contributed by atoms with E-state index in [2.05, 4.69) is 0 Å². The third kappa shape index (κ3) is 3.85. The van der Waals surface area contributed by atoms with Gasteiger partial charge in [0.25, 0.3) is 10.1 Å². The first-order valence-corrected chi connectivity index (χ1v) is 6.55. The Morgan fingerprint density at radius 3 is 2.24 bits per heavy atom. The maximum atomic E-state index is 10.6. The van der Waals surface area contributed by atoms with E-state index >= 15 is 0 Å². The summed E-state index contributed by atoms with van der Waals surface area (Å²) in [6.07, 6.45) is -6.78. The second-order valence-corrected chi connectivity index (χ2v) is 5.40.